The molecule has 6 rings (SSSR count). The van der Waals surface area contributed by atoms with E-state index in [1.807, 2.05) is 68.5 Å². The van der Waals surface area contributed by atoms with Crippen LogP contribution in [0.25, 0.3) is 0 Å². The van der Waals surface area contributed by atoms with Crippen molar-refractivity contribution in [3.63, 3.8) is 0 Å². The number of aryl methyl sites for hydroxylation is 1. The molecule has 2 aliphatic rings. The Morgan fingerprint density at radius 2 is 1.85 bits per heavy atom. The normalized spacial score (nSPS) is 18.7. The lowest BCUT2D eigenvalue weighted by Gasteiger charge is -2.35. The number of aliphatic hydroxyl groups is 3. The van der Waals surface area contributed by atoms with Gasteiger partial charge in [0.25, 0.3) is 5.91 Å². The van der Waals surface area contributed by atoms with Gasteiger partial charge in [0.05, 0.1) is 43.4 Å². The summed E-state index contributed by atoms with van der Waals surface area (Å²) in [5.74, 6) is 0.138. The molecule has 3 heterocycles. The molecule has 0 radical (unpaired) electrons. The van der Waals surface area contributed by atoms with Gasteiger partial charge in [-0.25, -0.2) is 0 Å². The predicted molar refractivity (Wildman–Crippen MR) is 205 cm³/mol. The van der Waals surface area contributed by atoms with Gasteiger partial charge in [0.15, 0.2) is 5.60 Å². The third kappa shape index (κ3) is 8.04. The highest BCUT2D eigenvalue weighted by molar-refractivity contribution is 6.08. The van der Waals surface area contributed by atoms with Crippen LogP contribution in [0.3, 0.4) is 0 Å². The summed E-state index contributed by atoms with van der Waals surface area (Å²) in [5, 5.41) is 42.2. The number of benzene rings is 3. The molecule has 0 saturated heterocycles. The van der Waals surface area contributed by atoms with Gasteiger partial charge in [-0.3, -0.25) is 19.2 Å². The van der Waals surface area contributed by atoms with E-state index in [4.69, 9.17) is 14.6 Å². The molecule has 4 aromatic rings. The van der Waals surface area contributed by atoms with E-state index in [9.17, 15) is 19.8 Å². The van der Waals surface area contributed by atoms with Crippen molar-refractivity contribution in [2.45, 2.75) is 70.7 Å². The van der Waals surface area contributed by atoms with E-state index in [-0.39, 0.29) is 25.7 Å². The number of carbonyl (C=O) groups is 2. The Labute approximate surface area is 315 Å². The maximum absolute atomic E-state index is 14.4. The summed E-state index contributed by atoms with van der Waals surface area (Å²) in [6.07, 6.45) is 8.51. The van der Waals surface area contributed by atoms with Crippen LogP contribution < -0.4 is 24.6 Å². The lowest BCUT2D eigenvalue weighted by molar-refractivity contribution is -0.139. The number of ether oxygens (including phenoxy) is 2. The van der Waals surface area contributed by atoms with Gasteiger partial charge in [-0.2, -0.15) is 0 Å². The molecule has 0 saturated carbocycles. The number of hydrogen-bond acceptors (Lipinski definition) is 10. The van der Waals surface area contributed by atoms with Crippen LogP contribution in [0, 0.1) is 5.92 Å². The van der Waals surface area contributed by atoms with Crippen LogP contribution in [-0.4, -0.2) is 81.6 Å². The van der Waals surface area contributed by atoms with Crippen molar-refractivity contribution in [2.75, 3.05) is 43.3 Å². The van der Waals surface area contributed by atoms with Gasteiger partial charge in [-0.05, 0) is 98.8 Å². The summed E-state index contributed by atoms with van der Waals surface area (Å²) in [6, 6.07) is 18.2. The zero-order valence-electron chi connectivity index (χ0n) is 31.1. The number of carbonyl (C=O) groups excluding carboxylic acids is 2. The fourth-order valence-corrected chi connectivity index (χ4v) is 7.23. The fourth-order valence-electron chi connectivity index (χ4n) is 7.23. The van der Waals surface area contributed by atoms with Crippen LogP contribution in [0.5, 0.6) is 11.5 Å². The van der Waals surface area contributed by atoms with Crippen LogP contribution in [0.4, 0.5) is 17.1 Å². The van der Waals surface area contributed by atoms with Gasteiger partial charge < -0.3 is 35.0 Å². The Morgan fingerprint density at radius 1 is 1.04 bits per heavy atom. The quantitative estimate of drug-likeness (QED) is 0.0861. The maximum atomic E-state index is 14.4. The molecule has 4 N–H and O–H groups in total. The van der Waals surface area contributed by atoms with Gasteiger partial charge in [0.1, 0.15) is 11.5 Å². The molecule has 1 unspecified atom stereocenters. The molecule has 0 fully saturated rings. The van der Waals surface area contributed by atoms with E-state index in [1.54, 1.807) is 46.0 Å². The first-order valence-electron chi connectivity index (χ1n) is 18.6. The van der Waals surface area contributed by atoms with E-state index >= 15 is 0 Å². The predicted octanol–water partition coefficient (Wildman–Crippen LogP) is 4.19. The molecule has 2 amide bonds. The second-order valence-corrected chi connectivity index (χ2v) is 13.7. The lowest BCUT2D eigenvalue weighted by atomic mass is 9.83. The van der Waals surface area contributed by atoms with E-state index in [1.165, 1.54) is 0 Å². The molecule has 286 valence electrons. The number of nitrogens with one attached hydrogen (secondary N) is 1. The summed E-state index contributed by atoms with van der Waals surface area (Å²) < 4.78 is 13.0. The number of rotatable bonds is 18. The van der Waals surface area contributed by atoms with Crippen LogP contribution in [0.1, 0.15) is 55.5 Å². The molecule has 3 atom stereocenters. The second kappa shape index (κ2) is 17.4. The highest BCUT2D eigenvalue weighted by Gasteiger charge is 2.52. The smallest absolute Gasteiger partial charge is 0.264 e. The highest BCUT2D eigenvalue weighted by atomic mass is 16.5. The number of allylic oxidation sites excluding steroid dienone is 1. The minimum absolute atomic E-state index is 0.00554. The Hall–Kier alpha value is -5.08. The van der Waals surface area contributed by atoms with Gasteiger partial charge in [-0.15, -0.1) is 5.10 Å². The van der Waals surface area contributed by atoms with E-state index in [0.717, 1.165) is 29.0 Å². The first-order chi connectivity index (χ1) is 26.2. The van der Waals surface area contributed by atoms with Gasteiger partial charge in [-0.1, -0.05) is 36.4 Å². The van der Waals surface area contributed by atoms with Crippen molar-refractivity contribution in [3.05, 3.63) is 101 Å². The van der Waals surface area contributed by atoms with Gasteiger partial charge >= 0.3 is 0 Å². The number of aromatic nitrogens is 3. The molecule has 0 spiro atoms. The Balaban J connectivity index is 1.25. The van der Waals surface area contributed by atoms with Crippen molar-refractivity contribution < 1.29 is 34.4 Å². The first kappa shape index (κ1) is 38.6. The lowest BCUT2D eigenvalue weighted by Crippen LogP contribution is -2.49. The Kier molecular flexibility index (Phi) is 12.4. The van der Waals surface area contributed by atoms with Crippen LogP contribution in [0.15, 0.2) is 79.0 Å². The van der Waals surface area contributed by atoms with Crippen molar-refractivity contribution in [1.29, 1.82) is 0 Å². The van der Waals surface area contributed by atoms with Crippen LogP contribution in [0.2, 0.25) is 0 Å². The number of anilines is 3. The number of aliphatic hydroxyl groups excluding tert-OH is 2. The molecule has 13 heteroatoms. The molecule has 3 aromatic carbocycles. The second-order valence-electron chi connectivity index (χ2n) is 13.7. The summed E-state index contributed by atoms with van der Waals surface area (Å²) in [7, 11) is 1.55. The standard InChI is InChI=1S/C41H50N6O7/c1-4-54-34-14-15-37-30(23-34)24-36(42-18-6-8-20-48)39(50)47(37)32-12-9-11-29(22-32)26-46-38-16-13-33(53-3)25-35(38)41(52,40(46)51)28(2)10-5-7-19-45-27-31(17-21-49)43-44-45/h5,9-16,22-23,25,27-28,36,42,48-49,52H,4,6-8,17-21,24,26H2,1-3H3/b10-5+/t28-,36?,41+/m0/s1. The van der Waals surface area contributed by atoms with Crippen LogP contribution in [-0.2, 0) is 41.1 Å². The summed E-state index contributed by atoms with van der Waals surface area (Å²) >= 11 is 0. The van der Waals surface area contributed by atoms with E-state index < -0.39 is 23.5 Å². The molecule has 1 aromatic heterocycles. The average Bonchev–Trinajstić information content (AvgIpc) is 3.71. The number of unbranched alkanes of at least 4 members (excludes halogenated alkanes) is 1. The third-order valence-corrected chi connectivity index (χ3v) is 10.1. The first-order valence-corrected chi connectivity index (χ1v) is 18.6. The summed E-state index contributed by atoms with van der Waals surface area (Å²) in [5.41, 5.74) is 3.10. The van der Waals surface area contributed by atoms with Gasteiger partial charge in [0, 0.05) is 49.5 Å². The van der Waals surface area contributed by atoms with Crippen molar-refractivity contribution in [1.82, 2.24) is 20.3 Å². The van der Waals surface area contributed by atoms with Crippen molar-refractivity contribution in [2.24, 2.45) is 5.92 Å². The molecular weight excluding hydrogens is 688 g/mol. The topological polar surface area (TPSA) is 163 Å². The molecule has 2 aliphatic heterocycles. The Bertz CT molecular complexity index is 1960. The molecular formula is C41H50N6O7. The average molecular weight is 739 g/mol. The summed E-state index contributed by atoms with van der Waals surface area (Å²) in [6.45, 7) is 5.70. The number of nitrogens with zero attached hydrogens (tertiary/aromatic N) is 5. The van der Waals surface area contributed by atoms with E-state index in [0.29, 0.717) is 73.8 Å². The largest absolute Gasteiger partial charge is 0.497 e. The number of hydrogen-bond donors (Lipinski definition) is 4. The summed E-state index contributed by atoms with van der Waals surface area (Å²) in [4.78, 5) is 31.8. The molecule has 54 heavy (non-hydrogen) atoms. The maximum Gasteiger partial charge on any atom is 0.264 e. The number of amides is 2. The van der Waals surface area contributed by atoms with E-state index in [2.05, 4.69) is 15.6 Å². The number of fused-ring (bicyclic) bond motifs is 2. The zero-order chi connectivity index (χ0) is 38.2. The molecule has 0 aliphatic carbocycles. The van der Waals surface area contributed by atoms with Gasteiger partial charge in [0.2, 0.25) is 5.91 Å². The van der Waals surface area contributed by atoms with Crippen molar-refractivity contribution >= 4 is 28.9 Å². The molecule has 13 nitrogen and oxygen atoms in total. The highest BCUT2D eigenvalue weighted by Crippen LogP contribution is 2.47. The minimum atomic E-state index is -1.85. The zero-order valence-corrected chi connectivity index (χ0v) is 31.1. The monoisotopic (exact) mass is 738 g/mol. The minimum Gasteiger partial charge on any atom is -0.497 e. The number of methoxy groups -OCH3 is 1. The van der Waals surface area contributed by atoms with Crippen molar-refractivity contribution in [3.8, 4) is 11.5 Å². The SMILES string of the molecule is CCOc1ccc2c(c1)CC(NCCCCO)C(=O)N2c1cccc(CN2C(=O)[C@@](O)([C@@H](C)/C=C/CCn3cc(CCO)nn3)c3cc(OC)ccc32)c1. The third-order valence-electron chi connectivity index (χ3n) is 10.1. The Morgan fingerprint density at radius 3 is 2.63 bits per heavy atom. The van der Waals surface area contributed by atoms with Crippen LogP contribution >= 0.6 is 0 Å². The fraction of sp³-hybridized carbons (Fsp3) is 0.415. The molecule has 0 bridgehead atoms.